The molecule has 0 aliphatic carbocycles. The molecule has 0 saturated carbocycles. The van der Waals surface area contributed by atoms with Gasteiger partial charge in [0, 0.05) is 5.39 Å². The number of aliphatic hydroxyl groups is 1. The third-order valence-corrected chi connectivity index (χ3v) is 3.85. The lowest BCUT2D eigenvalue weighted by atomic mass is 10.1. The monoisotopic (exact) mass is 274 g/mol. The Labute approximate surface area is 121 Å². The summed E-state index contributed by atoms with van der Waals surface area (Å²) in [5, 5.41) is 11.2. The van der Waals surface area contributed by atoms with Gasteiger partial charge in [0.15, 0.2) is 0 Å². The van der Waals surface area contributed by atoms with Gasteiger partial charge in [-0.05, 0) is 18.6 Å². The number of unbranched alkanes of at least 4 members (excludes halogenated alkanes) is 6. The van der Waals surface area contributed by atoms with Crippen LogP contribution in [0, 0.1) is 0 Å². The normalized spacial score (nSPS) is 12.9. The van der Waals surface area contributed by atoms with Crippen molar-refractivity contribution in [3.8, 4) is 0 Å². The summed E-state index contributed by atoms with van der Waals surface area (Å²) in [7, 11) is 0. The van der Waals surface area contributed by atoms with E-state index in [1.807, 2.05) is 30.3 Å². The van der Waals surface area contributed by atoms with Gasteiger partial charge in [0.05, 0.1) is 0 Å². The Hall–Kier alpha value is -1.28. The van der Waals surface area contributed by atoms with Gasteiger partial charge in [-0.1, -0.05) is 70.1 Å². The van der Waals surface area contributed by atoms with Crippen LogP contribution in [0.3, 0.4) is 0 Å². The average Bonchev–Trinajstić information content (AvgIpc) is 2.90. The second-order valence-electron chi connectivity index (χ2n) is 5.61. The van der Waals surface area contributed by atoms with Crippen molar-refractivity contribution in [1.82, 2.24) is 0 Å². The number of furan rings is 1. The number of benzene rings is 1. The van der Waals surface area contributed by atoms with Crippen molar-refractivity contribution in [2.45, 2.75) is 64.4 Å². The Balaban J connectivity index is 1.70. The number of hydrogen-bond acceptors (Lipinski definition) is 2. The molecule has 1 atom stereocenters. The summed E-state index contributed by atoms with van der Waals surface area (Å²) in [6.45, 7) is 2.24. The summed E-state index contributed by atoms with van der Waals surface area (Å²) < 4.78 is 5.69. The average molecular weight is 274 g/mol. The second kappa shape index (κ2) is 8.11. The number of rotatable bonds is 9. The molecule has 2 nitrogen and oxygen atoms in total. The molecule has 20 heavy (non-hydrogen) atoms. The van der Waals surface area contributed by atoms with E-state index in [4.69, 9.17) is 4.42 Å². The zero-order chi connectivity index (χ0) is 14.2. The van der Waals surface area contributed by atoms with Crippen molar-refractivity contribution in [1.29, 1.82) is 0 Å². The molecule has 0 saturated heterocycles. The van der Waals surface area contributed by atoms with Gasteiger partial charge in [0.2, 0.25) is 0 Å². The SMILES string of the molecule is CCCCCCCCCC(O)c1cc2ccccc2o1. The molecule has 1 aromatic carbocycles. The zero-order valence-corrected chi connectivity index (χ0v) is 12.5. The second-order valence-corrected chi connectivity index (χ2v) is 5.61. The molecule has 0 spiro atoms. The van der Waals surface area contributed by atoms with Crippen LogP contribution in [0.15, 0.2) is 34.7 Å². The first-order valence-electron chi connectivity index (χ1n) is 7.98. The van der Waals surface area contributed by atoms with Crippen molar-refractivity contribution in [3.63, 3.8) is 0 Å². The molecule has 0 aliphatic heterocycles. The Morgan fingerprint density at radius 2 is 1.70 bits per heavy atom. The highest BCUT2D eigenvalue weighted by Gasteiger charge is 2.12. The molecule has 1 unspecified atom stereocenters. The molecule has 0 bridgehead atoms. The minimum atomic E-state index is -0.460. The lowest BCUT2D eigenvalue weighted by molar-refractivity contribution is 0.139. The van der Waals surface area contributed by atoms with E-state index >= 15 is 0 Å². The van der Waals surface area contributed by atoms with Crippen LogP contribution in [0.5, 0.6) is 0 Å². The highest BCUT2D eigenvalue weighted by atomic mass is 16.4. The van der Waals surface area contributed by atoms with Gasteiger partial charge in [-0.3, -0.25) is 0 Å². The predicted octanol–water partition coefficient (Wildman–Crippen LogP) is 5.61. The predicted molar refractivity (Wildman–Crippen MR) is 83.8 cm³/mol. The van der Waals surface area contributed by atoms with Crippen LogP contribution in [-0.4, -0.2) is 5.11 Å². The van der Waals surface area contributed by atoms with Crippen LogP contribution in [-0.2, 0) is 0 Å². The highest BCUT2D eigenvalue weighted by molar-refractivity contribution is 5.77. The number of fused-ring (bicyclic) bond motifs is 1. The quantitative estimate of drug-likeness (QED) is 0.603. The fourth-order valence-corrected chi connectivity index (χ4v) is 2.60. The maximum atomic E-state index is 10.2. The largest absolute Gasteiger partial charge is 0.458 e. The first-order chi connectivity index (χ1) is 9.81. The lowest BCUT2D eigenvalue weighted by Gasteiger charge is -2.07. The first-order valence-corrected chi connectivity index (χ1v) is 7.98. The van der Waals surface area contributed by atoms with Gasteiger partial charge in [-0.2, -0.15) is 0 Å². The minimum Gasteiger partial charge on any atom is -0.458 e. The van der Waals surface area contributed by atoms with Crippen molar-refractivity contribution < 1.29 is 9.52 Å². The summed E-state index contributed by atoms with van der Waals surface area (Å²) in [5.74, 6) is 0.706. The van der Waals surface area contributed by atoms with Gasteiger partial charge >= 0.3 is 0 Å². The van der Waals surface area contributed by atoms with E-state index in [1.165, 1.54) is 38.5 Å². The van der Waals surface area contributed by atoms with Crippen molar-refractivity contribution in [2.75, 3.05) is 0 Å². The first kappa shape index (κ1) is 15.1. The van der Waals surface area contributed by atoms with Crippen LogP contribution in [0.2, 0.25) is 0 Å². The summed E-state index contributed by atoms with van der Waals surface area (Å²) in [4.78, 5) is 0. The number of hydrogen-bond donors (Lipinski definition) is 1. The van der Waals surface area contributed by atoms with Gasteiger partial charge in [-0.25, -0.2) is 0 Å². The molecule has 0 aliphatic rings. The third-order valence-electron chi connectivity index (χ3n) is 3.85. The van der Waals surface area contributed by atoms with Crippen molar-refractivity contribution in [3.05, 3.63) is 36.1 Å². The topological polar surface area (TPSA) is 33.4 Å². The molecule has 0 fully saturated rings. The Kier molecular flexibility index (Phi) is 6.13. The molecule has 1 heterocycles. The van der Waals surface area contributed by atoms with E-state index in [-0.39, 0.29) is 0 Å². The van der Waals surface area contributed by atoms with Gasteiger partial charge in [0.1, 0.15) is 17.4 Å². The lowest BCUT2D eigenvalue weighted by Crippen LogP contribution is -1.95. The molecular weight excluding hydrogens is 248 g/mol. The molecule has 2 heteroatoms. The fraction of sp³-hybridized carbons (Fsp3) is 0.556. The molecule has 2 rings (SSSR count). The number of aliphatic hydroxyl groups excluding tert-OH is 1. The van der Waals surface area contributed by atoms with E-state index in [2.05, 4.69) is 6.92 Å². The van der Waals surface area contributed by atoms with Gasteiger partial charge in [-0.15, -0.1) is 0 Å². The van der Waals surface area contributed by atoms with Crippen LogP contribution in [0.4, 0.5) is 0 Å². The Morgan fingerprint density at radius 1 is 1.00 bits per heavy atom. The number of para-hydroxylation sites is 1. The molecular formula is C18H26O2. The van der Waals surface area contributed by atoms with Crippen molar-refractivity contribution in [2.24, 2.45) is 0 Å². The fourth-order valence-electron chi connectivity index (χ4n) is 2.60. The van der Waals surface area contributed by atoms with E-state index < -0.39 is 6.10 Å². The highest BCUT2D eigenvalue weighted by Crippen LogP contribution is 2.26. The summed E-state index contributed by atoms with van der Waals surface area (Å²) >= 11 is 0. The van der Waals surface area contributed by atoms with Crippen molar-refractivity contribution >= 4 is 11.0 Å². The molecule has 2 aromatic rings. The maximum Gasteiger partial charge on any atom is 0.134 e. The maximum absolute atomic E-state index is 10.2. The van der Waals surface area contributed by atoms with E-state index in [0.717, 1.165) is 23.8 Å². The van der Waals surface area contributed by atoms with Crippen LogP contribution >= 0.6 is 0 Å². The minimum absolute atomic E-state index is 0.460. The molecule has 1 N–H and O–H groups in total. The van der Waals surface area contributed by atoms with Crippen LogP contribution in [0.1, 0.15) is 70.2 Å². The zero-order valence-electron chi connectivity index (χ0n) is 12.5. The molecule has 0 radical (unpaired) electrons. The van der Waals surface area contributed by atoms with E-state index in [9.17, 15) is 5.11 Å². The summed E-state index contributed by atoms with van der Waals surface area (Å²) in [6.07, 6.45) is 9.23. The molecule has 0 amide bonds. The molecule has 110 valence electrons. The summed E-state index contributed by atoms with van der Waals surface area (Å²) in [6, 6.07) is 9.87. The molecule has 1 aromatic heterocycles. The van der Waals surface area contributed by atoms with E-state index in [1.54, 1.807) is 0 Å². The smallest absolute Gasteiger partial charge is 0.134 e. The van der Waals surface area contributed by atoms with Gasteiger partial charge < -0.3 is 9.52 Å². The van der Waals surface area contributed by atoms with Gasteiger partial charge in [0.25, 0.3) is 0 Å². The van der Waals surface area contributed by atoms with E-state index in [0.29, 0.717) is 5.76 Å². The van der Waals surface area contributed by atoms with Crippen LogP contribution in [0.25, 0.3) is 11.0 Å². The Morgan fingerprint density at radius 3 is 2.45 bits per heavy atom. The Bertz CT molecular complexity index is 468. The third kappa shape index (κ3) is 4.38. The standard InChI is InChI=1S/C18H26O2/c1-2-3-4-5-6-7-8-12-16(19)18-14-15-11-9-10-13-17(15)20-18/h9-11,13-14,16,19H,2-8,12H2,1H3. The van der Waals surface area contributed by atoms with Crippen LogP contribution < -0.4 is 0 Å². The summed E-state index contributed by atoms with van der Waals surface area (Å²) in [5.41, 5.74) is 0.862.